The molecule has 5 nitrogen and oxygen atoms in total. The van der Waals surface area contributed by atoms with Crippen molar-refractivity contribution in [1.82, 2.24) is 14.3 Å². The fraction of sp³-hybridized carbons (Fsp3) is 0.471. The first kappa shape index (κ1) is 18.4. The molecule has 2 aromatic rings. The van der Waals surface area contributed by atoms with Crippen molar-refractivity contribution in [3.8, 4) is 0 Å². The number of rotatable bonds is 4. The van der Waals surface area contributed by atoms with E-state index in [4.69, 9.17) is 23.2 Å². The maximum atomic E-state index is 12.1. The molecule has 1 saturated heterocycles. The van der Waals surface area contributed by atoms with Crippen LogP contribution in [0.2, 0.25) is 5.02 Å². The number of nitrogens with zero attached hydrogens (tertiary/aromatic N) is 4. The van der Waals surface area contributed by atoms with E-state index in [0.29, 0.717) is 13.0 Å². The molecule has 0 spiro atoms. The van der Waals surface area contributed by atoms with Gasteiger partial charge >= 0.3 is 0 Å². The van der Waals surface area contributed by atoms with Gasteiger partial charge in [0.1, 0.15) is 11.2 Å². The number of aromatic nitrogens is 2. The summed E-state index contributed by atoms with van der Waals surface area (Å²) in [6, 6.07) is 7.74. The second kappa shape index (κ2) is 8.34. The number of alkyl halides is 1. The molecule has 0 unspecified atom stereocenters. The average Bonchev–Trinajstić information content (AvgIpc) is 2.91. The van der Waals surface area contributed by atoms with Gasteiger partial charge in [-0.05, 0) is 31.0 Å². The minimum absolute atomic E-state index is 0.00390. The van der Waals surface area contributed by atoms with Crippen molar-refractivity contribution in [1.29, 1.82) is 0 Å². The van der Waals surface area contributed by atoms with E-state index in [0.717, 1.165) is 47.6 Å². The molecule has 1 aliphatic rings. The number of anilines is 1. The van der Waals surface area contributed by atoms with E-state index in [9.17, 15) is 4.79 Å². The zero-order chi connectivity index (χ0) is 17.8. The lowest BCUT2D eigenvalue weighted by molar-refractivity contribution is -0.130. The molecule has 1 aromatic heterocycles. The third-order valence-corrected chi connectivity index (χ3v) is 5.40. The van der Waals surface area contributed by atoms with Gasteiger partial charge in [0.25, 0.3) is 0 Å². The van der Waals surface area contributed by atoms with E-state index in [1.54, 1.807) is 6.92 Å². The fourth-order valence-corrected chi connectivity index (χ4v) is 3.81. The first-order valence-electron chi connectivity index (χ1n) is 8.28. The van der Waals surface area contributed by atoms with E-state index in [2.05, 4.69) is 14.3 Å². The van der Waals surface area contributed by atoms with Crippen molar-refractivity contribution >= 4 is 45.8 Å². The van der Waals surface area contributed by atoms with Gasteiger partial charge in [-0.3, -0.25) is 4.79 Å². The number of benzene rings is 1. The molecule has 0 radical (unpaired) electrons. The summed E-state index contributed by atoms with van der Waals surface area (Å²) < 4.78 is 4.48. The maximum Gasteiger partial charge on any atom is 0.240 e. The molecule has 2 heterocycles. The van der Waals surface area contributed by atoms with Gasteiger partial charge in [-0.1, -0.05) is 23.7 Å². The number of hydrogen-bond donors (Lipinski definition) is 0. The van der Waals surface area contributed by atoms with E-state index in [1.807, 2.05) is 29.2 Å². The third kappa shape index (κ3) is 4.84. The van der Waals surface area contributed by atoms with Gasteiger partial charge in [-0.25, -0.2) is 4.98 Å². The highest BCUT2D eigenvalue weighted by atomic mass is 35.5. The zero-order valence-corrected chi connectivity index (χ0v) is 16.3. The number of carbonyl (C=O) groups excluding carboxylic acids is 1. The first-order chi connectivity index (χ1) is 12.0. The fourth-order valence-electron chi connectivity index (χ4n) is 2.81. The molecule has 0 aliphatic carbocycles. The molecule has 8 heteroatoms. The Hall–Kier alpha value is -1.37. The summed E-state index contributed by atoms with van der Waals surface area (Å²) in [5.41, 5.74) is 1.14. The molecule has 1 aromatic carbocycles. The summed E-state index contributed by atoms with van der Waals surface area (Å²) in [7, 11) is 0. The Morgan fingerprint density at radius 1 is 1.24 bits per heavy atom. The molecule has 0 bridgehead atoms. The highest BCUT2D eigenvalue weighted by Gasteiger charge is 2.23. The van der Waals surface area contributed by atoms with Gasteiger partial charge in [0, 0.05) is 49.2 Å². The molecule has 0 N–H and O–H groups in total. The van der Waals surface area contributed by atoms with Crippen molar-refractivity contribution < 1.29 is 4.79 Å². The lowest BCUT2D eigenvalue weighted by Gasteiger charge is -2.22. The van der Waals surface area contributed by atoms with Crippen molar-refractivity contribution in [2.45, 2.75) is 25.1 Å². The highest BCUT2D eigenvalue weighted by molar-refractivity contribution is 7.09. The summed E-state index contributed by atoms with van der Waals surface area (Å²) in [5.74, 6) is 0.818. The minimum atomic E-state index is -0.473. The Morgan fingerprint density at radius 3 is 2.72 bits per heavy atom. The van der Waals surface area contributed by atoms with Crippen LogP contribution in [0.3, 0.4) is 0 Å². The second-order valence-electron chi connectivity index (χ2n) is 6.08. The molecule has 3 rings (SSSR count). The predicted octanol–water partition coefficient (Wildman–Crippen LogP) is 3.45. The van der Waals surface area contributed by atoms with E-state index in [1.165, 1.54) is 11.5 Å². The van der Waals surface area contributed by atoms with Crippen molar-refractivity contribution in [2.75, 3.05) is 31.1 Å². The Labute approximate surface area is 161 Å². The number of amides is 1. The summed E-state index contributed by atoms with van der Waals surface area (Å²) in [6.45, 7) is 4.76. The largest absolute Gasteiger partial charge is 0.345 e. The van der Waals surface area contributed by atoms with Gasteiger partial charge in [0.05, 0.1) is 0 Å². The van der Waals surface area contributed by atoms with Crippen LogP contribution in [0, 0.1) is 0 Å². The molecule has 1 amide bonds. The van der Waals surface area contributed by atoms with E-state index in [-0.39, 0.29) is 5.91 Å². The van der Waals surface area contributed by atoms with Gasteiger partial charge in [-0.2, -0.15) is 4.37 Å². The summed E-state index contributed by atoms with van der Waals surface area (Å²) in [5, 5.41) is 1.17. The molecule has 1 aliphatic heterocycles. The Morgan fingerprint density at radius 2 is 2.00 bits per heavy atom. The number of hydrogen-bond acceptors (Lipinski definition) is 5. The topological polar surface area (TPSA) is 49.3 Å². The van der Waals surface area contributed by atoms with Gasteiger partial charge in [0.15, 0.2) is 0 Å². The standard InChI is InChI=1S/C17H20Cl2N4OS/c1-12(18)16(24)22-7-2-8-23(10-9-22)17-20-15(21-25-17)11-13-3-5-14(19)6-4-13/h3-6,12H,2,7-11H2,1H3/t12-/m1/s1. The Bertz CT molecular complexity index is 720. The smallest absolute Gasteiger partial charge is 0.240 e. The van der Waals surface area contributed by atoms with Crippen LogP contribution in [-0.4, -0.2) is 51.7 Å². The predicted molar refractivity (Wildman–Crippen MR) is 103 cm³/mol. The highest BCUT2D eigenvalue weighted by Crippen LogP contribution is 2.21. The molecule has 25 heavy (non-hydrogen) atoms. The molecular weight excluding hydrogens is 379 g/mol. The molecule has 1 atom stereocenters. The van der Waals surface area contributed by atoms with Crippen LogP contribution in [0.15, 0.2) is 24.3 Å². The van der Waals surface area contributed by atoms with Crippen molar-refractivity contribution in [3.05, 3.63) is 40.7 Å². The van der Waals surface area contributed by atoms with Crippen LogP contribution in [0.25, 0.3) is 0 Å². The normalized spacial score (nSPS) is 16.6. The van der Waals surface area contributed by atoms with Crippen LogP contribution in [0.1, 0.15) is 24.7 Å². The van der Waals surface area contributed by atoms with E-state index >= 15 is 0 Å². The molecule has 134 valence electrons. The minimum Gasteiger partial charge on any atom is -0.345 e. The van der Waals surface area contributed by atoms with Crippen LogP contribution < -0.4 is 4.90 Å². The molecule has 0 saturated carbocycles. The maximum absolute atomic E-state index is 12.1. The van der Waals surface area contributed by atoms with E-state index < -0.39 is 5.38 Å². The summed E-state index contributed by atoms with van der Waals surface area (Å²) >= 11 is 13.3. The van der Waals surface area contributed by atoms with Gasteiger partial charge < -0.3 is 9.80 Å². The quantitative estimate of drug-likeness (QED) is 0.739. The van der Waals surface area contributed by atoms with Gasteiger partial charge in [0.2, 0.25) is 11.0 Å². The van der Waals surface area contributed by atoms with Crippen LogP contribution in [0.4, 0.5) is 5.13 Å². The van der Waals surface area contributed by atoms with Crippen LogP contribution >= 0.6 is 34.7 Å². The van der Waals surface area contributed by atoms with Crippen molar-refractivity contribution in [2.24, 2.45) is 0 Å². The lowest BCUT2D eigenvalue weighted by atomic mass is 10.1. The SMILES string of the molecule is C[C@@H](Cl)C(=O)N1CCCN(c2nc(Cc3ccc(Cl)cc3)ns2)CC1. The van der Waals surface area contributed by atoms with Crippen LogP contribution in [-0.2, 0) is 11.2 Å². The second-order valence-corrected chi connectivity index (χ2v) is 7.90. The summed E-state index contributed by atoms with van der Waals surface area (Å²) in [6.07, 6.45) is 1.59. The number of carbonyl (C=O) groups is 1. The average molecular weight is 399 g/mol. The summed E-state index contributed by atoms with van der Waals surface area (Å²) in [4.78, 5) is 20.8. The lowest BCUT2D eigenvalue weighted by Crippen LogP contribution is -2.38. The third-order valence-electron chi connectivity index (χ3n) is 4.15. The Balaban J connectivity index is 1.62. The molecule has 1 fully saturated rings. The van der Waals surface area contributed by atoms with Gasteiger partial charge in [-0.15, -0.1) is 11.6 Å². The Kier molecular flexibility index (Phi) is 6.15. The monoisotopic (exact) mass is 398 g/mol. The zero-order valence-electron chi connectivity index (χ0n) is 14.0. The van der Waals surface area contributed by atoms with Crippen LogP contribution in [0.5, 0.6) is 0 Å². The first-order valence-corrected chi connectivity index (χ1v) is 9.86. The molecular formula is C17H20Cl2N4OS. The van der Waals surface area contributed by atoms with Crippen molar-refractivity contribution in [3.63, 3.8) is 0 Å². The number of halogens is 2.